The van der Waals surface area contributed by atoms with E-state index in [0.717, 1.165) is 12.5 Å². The van der Waals surface area contributed by atoms with Crippen molar-refractivity contribution in [3.63, 3.8) is 0 Å². The van der Waals surface area contributed by atoms with Gasteiger partial charge >= 0.3 is 11.4 Å². The molecule has 0 aromatic carbocycles. The molecule has 0 atom stereocenters. The van der Waals surface area contributed by atoms with Crippen LogP contribution in [0.1, 0.15) is 12.8 Å². The molecule has 16 nitrogen and oxygen atoms in total. The molecule has 0 spiro atoms. The monoisotopic (exact) mass is 744 g/mol. The van der Waals surface area contributed by atoms with Gasteiger partial charge in [-0.2, -0.15) is 8.42 Å². The lowest BCUT2D eigenvalue weighted by molar-refractivity contribution is -0.386. The summed E-state index contributed by atoms with van der Waals surface area (Å²) in [6, 6.07) is 2.59. The van der Waals surface area contributed by atoms with Crippen molar-refractivity contribution in [2.24, 2.45) is 0 Å². The van der Waals surface area contributed by atoms with Gasteiger partial charge in [-0.25, -0.2) is 18.4 Å². The van der Waals surface area contributed by atoms with Crippen LogP contribution in [-0.4, -0.2) is 80.7 Å². The molecule has 21 heteroatoms. The lowest BCUT2D eigenvalue weighted by Gasteiger charge is -2.05. The summed E-state index contributed by atoms with van der Waals surface area (Å²) >= 11 is 6.15. The second-order valence-corrected chi connectivity index (χ2v) is 13.3. The van der Waals surface area contributed by atoms with Gasteiger partial charge in [0.1, 0.15) is 0 Å². The zero-order valence-electron chi connectivity index (χ0n) is 20.2. The van der Waals surface area contributed by atoms with E-state index in [1.165, 1.54) is 24.5 Å². The highest BCUT2D eigenvalue weighted by Crippen LogP contribution is 2.28. The molecule has 0 unspecified atom stereocenters. The summed E-state index contributed by atoms with van der Waals surface area (Å²) in [6.45, 7) is 0.185. The molecule has 2 aromatic rings. The van der Waals surface area contributed by atoms with E-state index >= 15 is 0 Å². The number of aromatic nitrogens is 2. The number of halogens is 3. The number of hydrogen-bond acceptors (Lipinski definition) is 14. The first kappa shape index (κ1) is 36.8. The second kappa shape index (κ2) is 18.2. The van der Waals surface area contributed by atoms with Gasteiger partial charge in [0.25, 0.3) is 21.9 Å². The molecule has 2 rings (SSSR count). The highest BCUT2D eigenvalue weighted by Gasteiger charge is 2.18. The number of hydrogen-bond donors (Lipinski definition) is 1. The van der Waals surface area contributed by atoms with Gasteiger partial charge < -0.3 is 14.6 Å². The van der Waals surface area contributed by atoms with Crippen LogP contribution in [0.4, 0.5) is 11.4 Å². The normalized spacial score (nSPS) is 10.8. The van der Waals surface area contributed by atoms with Crippen molar-refractivity contribution in [2.75, 3.05) is 38.9 Å². The zero-order chi connectivity index (χ0) is 30.2. The summed E-state index contributed by atoms with van der Waals surface area (Å²) in [6.07, 6.45) is 5.33. The molecule has 220 valence electrons. The molecule has 39 heavy (non-hydrogen) atoms. The van der Waals surface area contributed by atoms with Crippen molar-refractivity contribution in [2.45, 2.75) is 12.8 Å². The Kier molecular flexibility index (Phi) is 17.1. The standard InChI is InChI=1S/C9H11BrN2O6S.C8H9BrN2O4.CH3ClO2S/c1-19(15,16)18-4-2-3-17-9-8(12(13)14)5-7(10)6-11-9;9-6-4-7(11(13)14)8(10-5-6)15-3-1-2-12;1-5(2,3)4/h5-6H,2-4H2,1H3;4-5,12H,1-3H2;1H3. The van der Waals surface area contributed by atoms with Crippen molar-refractivity contribution in [3.05, 3.63) is 53.7 Å². The second-order valence-electron chi connectivity index (χ2n) is 6.81. The molecular formula is C18H23Br2ClN4O12S2. The van der Waals surface area contributed by atoms with Crippen LogP contribution in [-0.2, 0) is 23.4 Å². The van der Waals surface area contributed by atoms with Gasteiger partial charge in [-0.05, 0) is 31.9 Å². The Hall–Kier alpha value is -2.23. The Balaban J connectivity index is 0.000000643. The minimum atomic E-state index is -3.48. The number of aliphatic hydroxyl groups excluding tert-OH is 1. The molecule has 0 saturated carbocycles. The summed E-state index contributed by atoms with van der Waals surface area (Å²) in [5.74, 6) is -0.149. The maximum atomic E-state index is 10.8. The third-order valence-electron chi connectivity index (χ3n) is 3.36. The van der Waals surface area contributed by atoms with Crippen molar-refractivity contribution < 1.29 is 45.4 Å². The fraction of sp³-hybridized carbons (Fsp3) is 0.444. The lowest BCUT2D eigenvalue weighted by Crippen LogP contribution is -2.09. The molecule has 0 aliphatic carbocycles. The largest absolute Gasteiger partial charge is 0.473 e. The molecule has 0 saturated heterocycles. The van der Waals surface area contributed by atoms with E-state index in [9.17, 15) is 37.1 Å². The van der Waals surface area contributed by atoms with Gasteiger partial charge in [-0.15, -0.1) is 0 Å². The first-order chi connectivity index (χ1) is 17.9. The zero-order valence-corrected chi connectivity index (χ0v) is 25.8. The minimum Gasteiger partial charge on any atom is -0.473 e. The van der Waals surface area contributed by atoms with E-state index in [1.807, 2.05) is 0 Å². The van der Waals surface area contributed by atoms with Crippen LogP contribution in [0.2, 0.25) is 0 Å². The third kappa shape index (κ3) is 19.5. The van der Waals surface area contributed by atoms with Crippen LogP contribution < -0.4 is 9.47 Å². The molecule has 0 radical (unpaired) electrons. The fourth-order valence-corrected chi connectivity index (χ4v) is 3.05. The summed E-state index contributed by atoms with van der Waals surface area (Å²) in [4.78, 5) is 27.8. The first-order valence-electron chi connectivity index (χ1n) is 10.1. The quantitative estimate of drug-likeness (QED) is 0.108. The SMILES string of the molecule is CS(=O)(=O)Cl.CS(=O)(=O)OCCCOc1ncc(Br)cc1[N+](=O)[O-].O=[N+]([O-])c1cc(Br)cnc1OCCCO. The lowest BCUT2D eigenvalue weighted by atomic mass is 10.4. The Morgan fingerprint density at radius 2 is 1.26 bits per heavy atom. The molecule has 2 aromatic heterocycles. The Bertz CT molecular complexity index is 1310. The number of ether oxygens (including phenoxy) is 2. The van der Waals surface area contributed by atoms with Crippen LogP contribution in [0.3, 0.4) is 0 Å². The van der Waals surface area contributed by atoms with E-state index in [0.29, 0.717) is 15.4 Å². The average molecular weight is 747 g/mol. The average Bonchev–Trinajstić information content (AvgIpc) is 2.79. The fourth-order valence-electron chi connectivity index (χ4n) is 1.99. The number of rotatable bonds is 12. The van der Waals surface area contributed by atoms with Crippen molar-refractivity contribution in [1.29, 1.82) is 0 Å². The number of pyridine rings is 2. The molecule has 2 heterocycles. The molecule has 0 aliphatic rings. The maximum absolute atomic E-state index is 10.8. The van der Waals surface area contributed by atoms with Crippen LogP contribution >= 0.6 is 42.5 Å². The van der Waals surface area contributed by atoms with E-state index < -0.39 is 29.0 Å². The van der Waals surface area contributed by atoms with Gasteiger partial charge in [0, 0.05) is 63.6 Å². The van der Waals surface area contributed by atoms with Crippen LogP contribution in [0.5, 0.6) is 11.8 Å². The highest BCUT2D eigenvalue weighted by molar-refractivity contribution is 9.10. The summed E-state index contributed by atoms with van der Waals surface area (Å²) in [5.41, 5.74) is -0.458. The predicted octanol–water partition coefficient (Wildman–Crippen LogP) is 3.20. The number of aliphatic hydroxyl groups is 1. The van der Waals surface area contributed by atoms with Crippen LogP contribution in [0.25, 0.3) is 0 Å². The maximum Gasteiger partial charge on any atom is 0.332 e. The van der Waals surface area contributed by atoms with Crippen molar-refractivity contribution in [3.8, 4) is 11.8 Å². The molecule has 0 amide bonds. The van der Waals surface area contributed by atoms with E-state index in [1.54, 1.807) is 0 Å². The molecule has 0 bridgehead atoms. The third-order valence-corrected chi connectivity index (χ3v) is 4.82. The van der Waals surface area contributed by atoms with Gasteiger partial charge in [0.15, 0.2) is 0 Å². The molecule has 0 fully saturated rings. The van der Waals surface area contributed by atoms with Gasteiger partial charge in [-0.3, -0.25) is 24.4 Å². The minimum absolute atomic E-state index is 0.0235. The molecule has 1 N–H and O–H groups in total. The van der Waals surface area contributed by atoms with E-state index in [4.69, 9.17) is 14.6 Å². The molecular weight excluding hydrogens is 724 g/mol. The van der Waals surface area contributed by atoms with E-state index in [2.05, 4.69) is 56.7 Å². The smallest absolute Gasteiger partial charge is 0.332 e. The van der Waals surface area contributed by atoms with Crippen molar-refractivity contribution >= 4 is 73.1 Å². The molecule has 0 aliphatic heterocycles. The summed E-state index contributed by atoms with van der Waals surface area (Å²) < 4.78 is 55.8. The summed E-state index contributed by atoms with van der Waals surface area (Å²) in [5, 5.41) is 29.9. The van der Waals surface area contributed by atoms with Crippen LogP contribution in [0.15, 0.2) is 33.5 Å². The highest BCUT2D eigenvalue weighted by atomic mass is 79.9. The Morgan fingerprint density at radius 1 is 0.872 bits per heavy atom. The first-order valence-corrected chi connectivity index (χ1v) is 16.3. The Morgan fingerprint density at radius 3 is 1.59 bits per heavy atom. The Labute approximate surface area is 244 Å². The number of nitro groups is 2. The predicted molar refractivity (Wildman–Crippen MR) is 146 cm³/mol. The van der Waals surface area contributed by atoms with Gasteiger partial charge in [0.05, 0.1) is 42.2 Å². The van der Waals surface area contributed by atoms with Crippen LogP contribution in [0, 0.1) is 20.2 Å². The van der Waals surface area contributed by atoms with Gasteiger partial charge in [-0.1, -0.05) is 0 Å². The van der Waals surface area contributed by atoms with E-state index in [-0.39, 0.29) is 56.0 Å². The van der Waals surface area contributed by atoms with Crippen molar-refractivity contribution in [1.82, 2.24) is 9.97 Å². The topological polar surface area (TPSA) is 228 Å². The summed E-state index contributed by atoms with van der Waals surface area (Å²) in [7, 11) is -2.17. The number of nitrogens with zero attached hydrogens (tertiary/aromatic N) is 4. The van der Waals surface area contributed by atoms with Gasteiger partial charge in [0.2, 0.25) is 9.05 Å².